The fourth-order valence-corrected chi connectivity index (χ4v) is 6.75. The van der Waals surface area contributed by atoms with E-state index >= 15 is 0 Å². The molecule has 0 N–H and O–H groups in total. The molecule has 160 valence electrons. The average Bonchev–Trinajstić information content (AvgIpc) is 3.42. The number of fused-ring (bicyclic) bond motifs is 4. The number of amides is 1. The maximum atomic E-state index is 13.3. The molecule has 3 aromatic carbocycles. The van der Waals surface area contributed by atoms with Crippen molar-refractivity contribution in [2.45, 2.75) is 28.4 Å². The number of carbonyl (C=O) groups is 2. The third kappa shape index (κ3) is 2.58. The molecule has 6 nitrogen and oxygen atoms in total. The molecule has 7 heteroatoms. The largest absolute Gasteiger partial charge is 0.364 e. The third-order valence-corrected chi connectivity index (χ3v) is 8.57. The minimum Gasteiger partial charge on any atom is -0.364 e. The summed E-state index contributed by atoms with van der Waals surface area (Å²) >= 11 is 0. The number of benzene rings is 3. The van der Waals surface area contributed by atoms with Crippen molar-refractivity contribution in [1.29, 1.82) is 0 Å². The Morgan fingerprint density at radius 1 is 0.938 bits per heavy atom. The van der Waals surface area contributed by atoms with Crippen molar-refractivity contribution in [3.8, 4) is 0 Å². The second-order valence-electron chi connectivity index (χ2n) is 8.46. The van der Waals surface area contributed by atoms with Crippen LogP contribution in [0, 0.1) is 0 Å². The van der Waals surface area contributed by atoms with E-state index in [-0.39, 0.29) is 38.2 Å². The third-order valence-electron chi connectivity index (χ3n) is 6.72. The van der Waals surface area contributed by atoms with Gasteiger partial charge in [-0.2, -0.15) is 0 Å². The predicted molar refractivity (Wildman–Crippen MR) is 115 cm³/mol. The highest BCUT2D eigenvalue weighted by atomic mass is 32.2. The molecule has 3 aliphatic heterocycles. The van der Waals surface area contributed by atoms with E-state index in [2.05, 4.69) is 0 Å². The summed E-state index contributed by atoms with van der Waals surface area (Å²) < 4.78 is 32.5. The maximum absolute atomic E-state index is 13.3. The van der Waals surface area contributed by atoms with Crippen LogP contribution in [0.25, 0.3) is 0 Å². The molecule has 0 aliphatic carbocycles. The summed E-state index contributed by atoms with van der Waals surface area (Å²) in [6.45, 7) is 1.45. The SMILES string of the molecule is O=C1c2ccccc2S(=O)(=O)c2cc(C(=O)N3CCC4(C3)OCc3ccccc34)ccc21. The van der Waals surface area contributed by atoms with Crippen LogP contribution in [0.15, 0.2) is 76.5 Å². The van der Waals surface area contributed by atoms with Crippen LogP contribution in [0.5, 0.6) is 0 Å². The summed E-state index contributed by atoms with van der Waals surface area (Å²) in [5.41, 5.74) is 2.26. The van der Waals surface area contributed by atoms with Crippen LogP contribution in [-0.2, 0) is 26.8 Å². The Kier molecular flexibility index (Phi) is 4.00. The Labute approximate surface area is 185 Å². The molecule has 0 radical (unpaired) electrons. The summed E-state index contributed by atoms with van der Waals surface area (Å²) in [4.78, 5) is 27.7. The highest BCUT2D eigenvalue weighted by molar-refractivity contribution is 7.91. The standard InChI is InChI=1S/C25H19NO5S/c27-23-18-6-2-4-8-21(18)32(29,30)22-13-16(9-10-19(22)23)24(28)26-12-11-25(15-26)20-7-3-1-5-17(20)14-31-25/h1-10,13H,11-12,14-15H2. The molecule has 3 heterocycles. The van der Waals surface area contributed by atoms with Gasteiger partial charge in [0.25, 0.3) is 5.91 Å². The molecule has 0 bridgehead atoms. The molecule has 1 atom stereocenters. The van der Waals surface area contributed by atoms with E-state index in [1.54, 1.807) is 17.0 Å². The van der Waals surface area contributed by atoms with Gasteiger partial charge in [-0.1, -0.05) is 36.4 Å². The van der Waals surface area contributed by atoms with Gasteiger partial charge in [0.2, 0.25) is 9.84 Å². The van der Waals surface area contributed by atoms with E-state index in [9.17, 15) is 18.0 Å². The van der Waals surface area contributed by atoms with Gasteiger partial charge >= 0.3 is 0 Å². The van der Waals surface area contributed by atoms with Crippen LogP contribution < -0.4 is 0 Å². The summed E-state index contributed by atoms with van der Waals surface area (Å²) in [6.07, 6.45) is 0.685. The summed E-state index contributed by atoms with van der Waals surface area (Å²) in [6, 6.07) is 18.5. The molecule has 6 rings (SSSR count). The Bertz CT molecular complexity index is 1430. The van der Waals surface area contributed by atoms with Crippen LogP contribution in [0.4, 0.5) is 0 Å². The fraction of sp³-hybridized carbons (Fsp3) is 0.200. The molecule has 1 saturated heterocycles. The first-order chi connectivity index (χ1) is 15.4. The topological polar surface area (TPSA) is 80.8 Å². The molecule has 1 amide bonds. The lowest BCUT2D eigenvalue weighted by molar-refractivity contribution is -0.0283. The summed E-state index contributed by atoms with van der Waals surface area (Å²) in [7, 11) is -3.89. The second kappa shape index (κ2) is 6.60. The van der Waals surface area contributed by atoms with E-state index in [1.807, 2.05) is 24.3 Å². The minimum absolute atomic E-state index is 0.0156. The van der Waals surface area contributed by atoms with Crippen LogP contribution >= 0.6 is 0 Å². The molecular weight excluding hydrogens is 426 g/mol. The number of carbonyl (C=O) groups excluding carboxylic acids is 2. The van der Waals surface area contributed by atoms with Crippen molar-refractivity contribution in [2.75, 3.05) is 13.1 Å². The van der Waals surface area contributed by atoms with Crippen LogP contribution in [0.2, 0.25) is 0 Å². The van der Waals surface area contributed by atoms with Crippen molar-refractivity contribution in [3.63, 3.8) is 0 Å². The van der Waals surface area contributed by atoms with Gasteiger partial charge in [-0.15, -0.1) is 0 Å². The molecular formula is C25H19NO5S. The lowest BCUT2D eigenvalue weighted by Crippen LogP contribution is -2.34. The molecule has 3 aliphatic rings. The zero-order chi connectivity index (χ0) is 22.1. The van der Waals surface area contributed by atoms with Gasteiger partial charge in [0.05, 0.1) is 22.9 Å². The van der Waals surface area contributed by atoms with Crippen molar-refractivity contribution < 1.29 is 22.7 Å². The maximum Gasteiger partial charge on any atom is 0.254 e. The van der Waals surface area contributed by atoms with Crippen LogP contribution in [0.1, 0.15) is 43.8 Å². The fourth-order valence-electron chi connectivity index (χ4n) is 5.08. The zero-order valence-electron chi connectivity index (χ0n) is 17.1. The summed E-state index contributed by atoms with van der Waals surface area (Å²) in [5, 5.41) is 0. The molecule has 1 unspecified atom stereocenters. The second-order valence-corrected chi connectivity index (χ2v) is 10.3. The Morgan fingerprint density at radius 2 is 1.69 bits per heavy atom. The number of sulfone groups is 1. The van der Waals surface area contributed by atoms with E-state index in [1.165, 1.54) is 30.3 Å². The van der Waals surface area contributed by atoms with Crippen molar-refractivity contribution in [2.24, 2.45) is 0 Å². The first-order valence-corrected chi connectivity index (χ1v) is 11.9. The minimum atomic E-state index is -3.89. The normalized spacial score (nSPS) is 22.5. The van der Waals surface area contributed by atoms with Crippen LogP contribution in [-0.4, -0.2) is 38.1 Å². The Balaban J connectivity index is 1.35. The lowest BCUT2D eigenvalue weighted by atomic mass is 9.92. The van der Waals surface area contributed by atoms with Gasteiger partial charge in [0, 0.05) is 23.2 Å². The average molecular weight is 445 g/mol. The number of hydrogen-bond acceptors (Lipinski definition) is 5. The van der Waals surface area contributed by atoms with Gasteiger partial charge in [-0.05, 0) is 47.9 Å². The molecule has 0 aromatic heterocycles. The number of rotatable bonds is 1. The highest BCUT2D eigenvalue weighted by Gasteiger charge is 2.47. The highest BCUT2D eigenvalue weighted by Crippen LogP contribution is 2.43. The lowest BCUT2D eigenvalue weighted by Gasteiger charge is -2.25. The quantitative estimate of drug-likeness (QED) is 0.449. The Morgan fingerprint density at radius 3 is 2.56 bits per heavy atom. The Hall–Kier alpha value is -3.29. The van der Waals surface area contributed by atoms with Gasteiger partial charge in [0.1, 0.15) is 5.60 Å². The number of nitrogens with zero attached hydrogens (tertiary/aromatic N) is 1. The van der Waals surface area contributed by atoms with E-state index in [0.29, 0.717) is 26.1 Å². The van der Waals surface area contributed by atoms with Crippen molar-refractivity contribution in [3.05, 3.63) is 94.5 Å². The van der Waals surface area contributed by atoms with Gasteiger partial charge in [0.15, 0.2) is 5.78 Å². The van der Waals surface area contributed by atoms with E-state index in [0.717, 1.165) is 11.1 Å². The van der Waals surface area contributed by atoms with Gasteiger partial charge in [-0.25, -0.2) is 8.42 Å². The number of ether oxygens (including phenoxy) is 1. The number of ketones is 1. The predicted octanol–water partition coefficient (Wildman–Crippen LogP) is 3.34. The van der Waals surface area contributed by atoms with Crippen LogP contribution in [0.3, 0.4) is 0 Å². The monoisotopic (exact) mass is 445 g/mol. The first-order valence-electron chi connectivity index (χ1n) is 10.5. The summed E-state index contributed by atoms with van der Waals surface area (Å²) in [5.74, 6) is -0.611. The smallest absolute Gasteiger partial charge is 0.254 e. The number of likely N-dealkylation sites (tertiary alicyclic amines) is 1. The molecule has 1 spiro atoms. The van der Waals surface area contributed by atoms with E-state index in [4.69, 9.17) is 4.74 Å². The van der Waals surface area contributed by atoms with Crippen molar-refractivity contribution in [1.82, 2.24) is 4.90 Å². The van der Waals surface area contributed by atoms with E-state index < -0.39 is 15.4 Å². The molecule has 1 fully saturated rings. The van der Waals surface area contributed by atoms with Gasteiger partial charge < -0.3 is 9.64 Å². The first kappa shape index (κ1) is 19.4. The molecule has 3 aromatic rings. The van der Waals surface area contributed by atoms with Gasteiger partial charge in [-0.3, -0.25) is 9.59 Å². The zero-order valence-corrected chi connectivity index (χ0v) is 17.9. The molecule has 0 saturated carbocycles. The molecule has 32 heavy (non-hydrogen) atoms. The van der Waals surface area contributed by atoms with Crippen molar-refractivity contribution >= 4 is 21.5 Å². The number of hydrogen-bond donors (Lipinski definition) is 0.